The Labute approximate surface area is 114 Å². The van der Waals surface area contributed by atoms with E-state index in [1.807, 2.05) is 0 Å². The Bertz CT molecular complexity index is 192. The standard InChI is InChI=1S/C15H33N3/c1-3-15(4-2)14-18-11-7-10-17(12-13-18)9-6-5-8-16/h15H,3-14,16H2,1-2H3. The Kier molecular flexibility index (Phi) is 8.64. The monoisotopic (exact) mass is 255 g/mol. The fraction of sp³-hybridized carbons (Fsp3) is 1.00. The minimum atomic E-state index is 0.842. The smallest absolute Gasteiger partial charge is 0.0109 e. The van der Waals surface area contributed by atoms with E-state index in [1.165, 1.54) is 71.4 Å². The third-order valence-electron chi connectivity index (χ3n) is 4.28. The maximum atomic E-state index is 5.56. The van der Waals surface area contributed by atoms with E-state index in [4.69, 9.17) is 5.73 Å². The second-order valence-corrected chi connectivity index (χ2v) is 5.67. The lowest BCUT2D eigenvalue weighted by Crippen LogP contribution is -2.34. The van der Waals surface area contributed by atoms with Crippen LogP contribution in [0.3, 0.4) is 0 Å². The number of nitrogens with two attached hydrogens (primary N) is 1. The summed E-state index contributed by atoms with van der Waals surface area (Å²) < 4.78 is 0. The SMILES string of the molecule is CCC(CC)CN1CCCN(CCCCN)CC1. The summed E-state index contributed by atoms with van der Waals surface area (Å²) in [6.45, 7) is 13.1. The van der Waals surface area contributed by atoms with E-state index in [9.17, 15) is 0 Å². The highest BCUT2D eigenvalue weighted by Gasteiger charge is 2.16. The lowest BCUT2D eigenvalue weighted by atomic mass is 10.0. The third-order valence-corrected chi connectivity index (χ3v) is 4.28. The van der Waals surface area contributed by atoms with Crippen molar-refractivity contribution in [1.82, 2.24) is 9.80 Å². The molecule has 3 heteroatoms. The molecular weight excluding hydrogens is 222 g/mol. The van der Waals surface area contributed by atoms with Gasteiger partial charge in [0.15, 0.2) is 0 Å². The second-order valence-electron chi connectivity index (χ2n) is 5.67. The van der Waals surface area contributed by atoms with Gasteiger partial charge in [-0.3, -0.25) is 0 Å². The van der Waals surface area contributed by atoms with Crippen LogP contribution in [-0.4, -0.2) is 55.6 Å². The minimum absolute atomic E-state index is 0.842. The van der Waals surface area contributed by atoms with Crippen molar-refractivity contribution in [3.05, 3.63) is 0 Å². The van der Waals surface area contributed by atoms with E-state index in [0.29, 0.717) is 0 Å². The van der Waals surface area contributed by atoms with Crippen LogP contribution in [0.25, 0.3) is 0 Å². The largest absolute Gasteiger partial charge is 0.330 e. The first-order valence-electron chi connectivity index (χ1n) is 7.94. The quantitative estimate of drug-likeness (QED) is 0.675. The molecule has 0 bridgehead atoms. The van der Waals surface area contributed by atoms with Crippen molar-refractivity contribution in [3.8, 4) is 0 Å². The summed E-state index contributed by atoms with van der Waals surface area (Å²) >= 11 is 0. The maximum Gasteiger partial charge on any atom is 0.0109 e. The van der Waals surface area contributed by atoms with Gasteiger partial charge in [-0.05, 0) is 51.4 Å². The van der Waals surface area contributed by atoms with Gasteiger partial charge in [0, 0.05) is 19.6 Å². The fourth-order valence-corrected chi connectivity index (χ4v) is 2.82. The molecule has 0 atom stereocenters. The molecule has 1 heterocycles. The van der Waals surface area contributed by atoms with Crippen LogP contribution in [0.15, 0.2) is 0 Å². The van der Waals surface area contributed by atoms with Crippen molar-refractivity contribution in [1.29, 1.82) is 0 Å². The molecule has 18 heavy (non-hydrogen) atoms. The van der Waals surface area contributed by atoms with Gasteiger partial charge < -0.3 is 15.5 Å². The normalized spacial score (nSPS) is 19.3. The summed E-state index contributed by atoms with van der Waals surface area (Å²) in [6, 6.07) is 0. The molecule has 108 valence electrons. The highest BCUT2D eigenvalue weighted by Crippen LogP contribution is 2.12. The Morgan fingerprint density at radius 3 is 2.28 bits per heavy atom. The Morgan fingerprint density at radius 2 is 1.61 bits per heavy atom. The van der Waals surface area contributed by atoms with E-state index in [2.05, 4.69) is 23.6 Å². The molecule has 1 aliphatic heterocycles. The van der Waals surface area contributed by atoms with E-state index < -0.39 is 0 Å². The van der Waals surface area contributed by atoms with Crippen LogP contribution >= 0.6 is 0 Å². The Hall–Kier alpha value is -0.120. The van der Waals surface area contributed by atoms with E-state index >= 15 is 0 Å². The van der Waals surface area contributed by atoms with Gasteiger partial charge in [0.05, 0.1) is 0 Å². The molecule has 0 aliphatic carbocycles. The molecule has 1 fully saturated rings. The molecule has 2 N–H and O–H groups in total. The van der Waals surface area contributed by atoms with Crippen molar-refractivity contribution in [3.63, 3.8) is 0 Å². The number of unbranched alkanes of at least 4 members (excludes halogenated alkanes) is 1. The number of rotatable bonds is 8. The lowest BCUT2D eigenvalue weighted by molar-refractivity contribution is 0.221. The van der Waals surface area contributed by atoms with Crippen LogP contribution in [0.2, 0.25) is 0 Å². The van der Waals surface area contributed by atoms with Gasteiger partial charge in [-0.25, -0.2) is 0 Å². The van der Waals surface area contributed by atoms with Crippen LogP contribution in [0.5, 0.6) is 0 Å². The first-order valence-corrected chi connectivity index (χ1v) is 7.94. The average Bonchev–Trinajstić information content (AvgIpc) is 2.62. The van der Waals surface area contributed by atoms with Crippen molar-refractivity contribution < 1.29 is 0 Å². The highest BCUT2D eigenvalue weighted by molar-refractivity contribution is 4.72. The van der Waals surface area contributed by atoms with Crippen LogP contribution in [0.1, 0.15) is 46.0 Å². The summed E-state index contributed by atoms with van der Waals surface area (Å²) in [4.78, 5) is 5.31. The molecule has 0 aromatic carbocycles. The number of hydrogen-bond acceptors (Lipinski definition) is 3. The van der Waals surface area contributed by atoms with E-state index in [0.717, 1.165) is 12.5 Å². The molecular formula is C15H33N3. The first kappa shape index (κ1) is 15.9. The van der Waals surface area contributed by atoms with Gasteiger partial charge in [0.2, 0.25) is 0 Å². The molecule has 1 saturated heterocycles. The van der Waals surface area contributed by atoms with Gasteiger partial charge in [-0.15, -0.1) is 0 Å². The zero-order chi connectivity index (χ0) is 13.2. The molecule has 0 radical (unpaired) electrons. The Morgan fingerprint density at radius 1 is 0.944 bits per heavy atom. The predicted molar refractivity (Wildman–Crippen MR) is 79.9 cm³/mol. The summed E-state index contributed by atoms with van der Waals surface area (Å²) in [5, 5.41) is 0. The van der Waals surface area contributed by atoms with Crippen LogP contribution in [0.4, 0.5) is 0 Å². The lowest BCUT2D eigenvalue weighted by Gasteiger charge is -2.25. The molecule has 1 aliphatic rings. The predicted octanol–water partition coefficient (Wildman–Crippen LogP) is 2.17. The summed E-state index contributed by atoms with van der Waals surface area (Å²) in [5.41, 5.74) is 5.56. The van der Waals surface area contributed by atoms with Gasteiger partial charge in [0.25, 0.3) is 0 Å². The van der Waals surface area contributed by atoms with Gasteiger partial charge >= 0.3 is 0 Å². The Balaban J connectivity index is 2.23. The second kappa shape index (κ2) is 9.76. The van der Waals surface area contributed by atoms with Crippen LogP contribution in [-0.2, 0) is 0 Å². The summed E-state index contributed by atoms with van der Waals surface area (Å²) in [7, 11) is 0. The number of hydrogen-bond donors (Lipinski definition) is 1. The first-order chi connectivity index (χ1) is 8.80. The maximum absolute atomic E-state index is 5.56. The highest BCUT2D eigenvalue weighted by atomic mass is 15.2. The molecule has 0 unspecified atom stereocenters. The summed E-state index contributed by atoms with van der Waals surface area (Å²) in [5.74, 6) is 0.897. The molecule has 0 aromatic heterocycles. The molecule has 0 saturated carbocycles. The topological polar surface area (TPSA) is 32.5 Å². The van der Waals surface area contributed by atoms with Crippen molar-refractivity contribution in [2.24, 2.45) is 11.7 Å². The zero-order valence-electron chi connectivity index (χ0n) is 12.5. The summed E-state index contributed by atoms with van der Waals surface area (Å²) in [6.07, 6.45) is 6.43. The van der Waals surface area contributed by atoms with Gasteiger partial charge in [-0.1, -0.05) is 26.7 Å². The van der Waals surface area contributed by atoms with E-state index in [-0.39, 0.29) is 0 Å². The van der Waals surface area contributed by atoms with Crippen LogP contribution in [0, 0.1) is 5.92 Å². The minimum Gasteiger partial charge on any atom is -0.330 e. The fourth-order valence-electron chi connectivity index (χ4n) is 2.82. The van der Waals surface area contributed by atoms with Crippen molar-refractivity contribution in [2.45, 2.75) is 46.0 Å². The van der Waals surface area contributed by atoms with Gasteiger partial charge in [-0.2, -0.15) is 0 Å². The molecule has 0 spiro atoms. The molecule has 1 rings (SSSR count). The average molecular weight is 255 g/mol. The zero-order valence-corrected chi connectivity index (χ0v) is 12.5. The van der Waals surface area contributed by atoms with Crippen LogP contribution < -0.4 is 5.73 Å². The molecule has 0 amide bonds. The van der Waals surface area contributed by atoms with E-state index in [1.54, 1.807) is 0 Å². The molecule has 3 nitrogen and oxygen atoms in total. The van der Waals surface area contributed by atoms with Gasteiger partial charge in [0.1, 0.15) is 0 Å². The van der Waals surface area contributed by atoms with Crippen molar-refractivity contribution in [2.75, 3.05) is 45.8 Å². The van der Waals surface area contributed by atoms with Crippen molar-refractivity contribution >= 4 is 0 Å². The third kappa shape index (κ3) is 6.17. The number of nitrogens with zero attached hydrogens (tertiary/aromatic N) is 2. The molecule has 0 aromatic rings.